The topological polar surface area (TPSA) is 46.6 Å². The SMILES string of the molecule is CCOC(=O)C(=O)c1ccc(N2CCC2)cc1. The van der Waals surface area contributed by atoms with E-state index < -0.39 is 11.8 Å². The molecule has 0 radical (unpaired) electrons. The summed E-state index contributed by atoms with van der Waals surface area (Å²) in [5.74, 6) is -1.37. The summed E-state index contributed by atoms with van der Waals surface area (Å²) < 4.78 is 4.67. The van der Waals surface area contributed by atoms with Crippen LogP contribution in [0.4, 0.5) is 5.69 Å². The third-order valence-corrected chi connectivity index (χ3v) is 2.81. The van der Waals surface area contributed by atoms with Crippen molar-refractivity contribution in [2.24, 2.45) is 0 Å². The summed E-state index contributed by atoms with van der Waals surface area (Å²) >= 11 is 0. The largest absolute Gasteiger partial charge is 0.460 e. The fraction of sp³-hybridized carbons (Fsp3) is 0.385. The molecular weight excluding hydrogens is 218 g/mol. The summed E-state index contributed by atoms with van der Waals surface area (Å²) in [5.41, 5.74) is 1.48. The van der Waals surface area contributed by atoms with E-state index in [1.807, 2.05) is 12.1 Å². The van der Waals surface area contributed by atoms with Crippen LogP contribution in [0.1, 0.15) is 23.7 Å². The molecule has 17 heavy (non-hydrogen) atoms. The van der Waals surface area contributed by atoms with Crippen LogP contribution >= 0.6 is 0 Å². The number of carbonyl (C=O) groups excluding carboxylic acids is 2. The maximum Gasteiger partial charge on any atom is 0.379 e. The Balaban J connectivity index is 2.06. The summed E-state index contributed by atoms with van der Waals surface area (Å²) in [5, 5.41) is 0. The molecule has 1 fully saturated rings. The van der Waals surface area contributed by atoms with Crippen molar-refractivity contribution in [2.75, 3.05) is 24.6 Å². The van der Waals surface area contributed by atoms with Crippen molar-refractivity contribution >= 4 is 17.4 Å². The lowest BCUT2D eigenvalue weighted by Gasteiger charge is -2.33. The third-order valence-electron chi connectivity index (χ3n) is 2.81. The van der Waals surface area contributed by atoms with Crippen LogP contribution in [0.5, 0.6) is 0 Å². The quantitative estimate of drug-likeness (QED) is 0.450. The first-order valence-corrected chi connectivity index (χ1v) is 5.79. The predicted octanol–water partition coefficient (Wildman–Crippen LogP) is 1.64. The van der Waals surface area contributed by atoms with E-state index in [-0.39, 0.29) is 6.61 Å². The first kappa shape index (κ1) is 11.6. The van der Waals surface area contributed by atoms with Crippen LogP contribution < -0.4 is 4.90 Å². The van der Waals surface area contributed by atoms with E-state index in [1.54, 1.807) is 19.1 Å². The number of ketones is 1. The molecule has 4 heteroatoms. The van der Waals surface area contributed by atoms with Gasteiger partial charge in [0.05, 0.1) is 6.61 Å². The number of Topliss-reactive ketones (excluding diaryl/α,β-unsaturated/α-hetero) is 1. The second-order valence-corrected chi connectivity index (χ2v) is 3.94. The highest BCUT2D eigenvalue weighted by atomic mass is 16.5. The monoisotopic (exact) mass is 233 g/mol. The Morgan fingerprint density at radius 3 is 2.35 bits per heavy atom. The van der Waals surface area contributed by atoms with Gasteiger partial charge in [0.15, 0.2) is 0 Å². The number of carbonyl (C=O) groups is 2. The number of nitrogens with zero attached hydrogens (tertiary/aromatic N) is 1. The van der Waals surface area contributed by atoms with Gasteiger partial charge in [-0.25, -0.2) is 4.79 Å². The molecule has 1 aliphatic heterocycles. The van der Waals surface area contributed by atoms with Gasteiger partial charge in [-0.15, -0.1) is 0 Å². The van der Waals surface area contributed by atoms with Crippen LogP contribution in [0.3, 0.4) is 0 Å². The molecule has 0 unspecified atom stereocenters. The van der Waals surface area contributed by atoms with E-state index in [2.05, 4.69) is 9.64 Å². The summed E-state index contributed by atoms with van der Waals surface area (Å²) in [6.07, 6.45) is 1.21. The van der Waals surface area contributed by atoms with Gasteiger partial charge >= 0.3 is 5.97 Å². The number of anilines is 1. The molecule has 1 aromatic rings. The molecule has 0 amide bonds. The second kappa shape index (κ2) is 4.99. The van der Waals surface area contributed by atoms with Crippen molar-refractivity contribution < 1.29 is 14.3 Å². The number of hydrogen-bond acceptors (Lipinski definition) is 4. The zero-order valence-corrected chi connectivity index (χ0v) is 9.81. The fourth-order valence-corrected chi connectivity index (χ4v) is 1.71. The summed E-state index contributed by atoms with van der Waals surface area (Å²) in [6, 6.07) is 7.08. The molecule has 0 bridgehead atoms. The molecule has 1 aliphatic rings. The van der Waals surface area contributed by atoms with Crippen LogP contribution in [0.15, 0.2) is 24.3 Å². The van der Waals surface area contributed by atoms with Gasteiger partial charge in [0.25, 0.3) is 5.78 Å². The van der Waals surface area contributed by atoms with E-state index in [0.717, 1.165) is 18.8 Å². The molecular formula is C13H15NO3. The van der Waals surface area contributed by atoms with E-state index in [1.165, 1.54) is 6.42 Å². The summed E-state index contributed by atoms with van der Waals surface area (Å²) in [4.78, 5) is 25.1. The van der Waals surface area contributed by atoms with Crippen LogP contribution in [-0.2, 0) is 9.53 Å². The number of rotatable bonds is 4. The Labute approximate surface area is 100 Å². The average Bonchev–Trinajstić information content (AvgIpc) is 2.27. The summed E-state index contributed by atoms with van der Waals surface area (Å²) in [6.45, 7) is 4.02. The number of ether oxygens (including phenoxy) is 1. The summed E-state index contributed by atoms with van der Waals surface area (Å²) in [7, 11) is 0. The highest BCUT2D eigenvalue weighted by molar-refractivity contribution is 6.40. The van der Waals surface area contributed by atoms with Crippen LogP contribution in [0.25, 0.3) is 0 Å². The number of benzene rings is 1. The number of esters is 1. The van der Waals surface area contributed by atoms with Gasteiger partial charge in [-0.05, 0) is 37.6 Å². The maximum absolute atomic E-state index is 11.6. The van der Waals surface area contributed by atoms with Crippen molar-refractivity contribution in [3.63, 3.8) is 0 Å². The van der Waals surface area contributed by atoms with Gasteiger partial charge in [-0.1, -0.05) is 0 Å². The minimum Gasteiger partial charge on any atom is -0.460 e. The minimum absolute atomic E-state index is 0.219. The van der Waals surface area contributed by atoms with Crippen LogP contribution in [0, 0.1) is 0 Å². The second-order valence-electron chi connectivity index (χ2n) is 3.94. The lowest BCUT2D eigenvalue weighted by atomic mass is 10.1. The zero-order valence-electron chi connectivity index (χ0n) is 9.81. The van der Waals surface area contributed by atoms with E-state index in [4.69, 9.17) is 0 Å². The predicted molar refractivity (Wildman–Crippen MR) is 64.2 cm³/mol. The smallest absolute Gasteiger partial charge is 0.379 e. The molecule has 0 spiro atoms. The normalized spacial score (nSPS) is 14.1. The molecule has 0 aliphatic carbocycles. The molecule has 0 atom stereocenters. The standard InChI is InChI=1S/C13H15NO3/c1-2-17-13(16)12(15)10-4-6-11(7-5-10)14-8-3-9-14/h4-7H,2-3,8-9H2,1H3. The lowest BCUT2D eigenvalue weighted by Crippen LogP contribution is -2.36. The first-order valence-electron chi connectivity index (χ1n) is 5.79. The molecule has 0 aromatic heterocycles. The van der Waals surface area contributed by atoms with Gasteiger partial charge in [-0.3, -0.25) is 4.79 Å². The Morgan fingerprint density at radius 2 is 1.88 bits per heavy atom. The lowest BCUT2D eigenvalue weighted by molar-refractivity contribution is -0.137. The van der Waals surface area contributed by atoms with E-state index >= 15 is 0 Å². The molecule has 2 rings (SSSR count). The molecule has 0 N–H and O–H groups in total. The highest BCUT2D eigenvalue weighted by Crippen LogP contribution is 2.20. The maximum atomic E-state index is 11.6. The van der Waals surface area contributed by atoms with E-state index in [9.17, 15) is 9.59 Å². The Hall–Kier alpha value is -1.84. The Morgan fingerprint density at radius 1 is 1.24 bits per heavy atom. The van der Waals surface area contributed by atoms with Gasteiger partial charge in [0.1, 0.15) is 0 Å². The van der Waals surface area contributed by atoms with Crippen LogP contribution in [-0.4, -0.2) is 31.4 Å². The molecule has 1 heterocycles. The molecule has 0 saturated carbocycles. The third kappa shape index (κ3) is 2.46. The van der Waals surface area contributed by atoms with Gasteiger partial charge < -0.3 is 9.64 Å². The molecule has 4 nitrogen and oxygen atoms in total. The van der Waals surface area contributed by atoms with Gasteiger partial charge in [0, 0.05) is 24.3 Å². The Kier molecular flexibility index (Phi) is 3.42. The first-order chi connectivity index (χ1) is 8.22. The molecule has 90 valence electrons. The van der Waals surface area contributed by atoms with Crippen LogP contribution in [0.2, 0.25) is 0 Å². The zero-order chi connectivity index (χ0) is 12.3. The van der Waals surface area contributed by atoms with Gasteiger partial charge in [0.2, 0.25) is 0 Å². The van der Waals surface area contributed by atoms with Gasteiger partial charge in [-0.2, -0.15) is 0 Å². The fourth-order valence-electron chi connectivity index (χ4n) is 1.71. The Bertz CT molecular complexity index is 421. The average molecular weight is 233 g/mol. The van der Waals surface area contributed by atoms with Crippen molar-refractivity contribution in [2.45, 2.75) is 13.3 Å². The van der Waals surface area contributed by atoms with Crippen molar-refractivity contribution in [3.05, 3.63) is 29.8 Å². The number of hydrogen-bond donors (Lipinski definition) is 0. The van der Waals surface area contributed by atoms with Crippen molar-refractivity contribution in [3.8, 4) is 0 Å². The van der Waals surface area contributed by atoms with E-state index in [0.29, 0.717) is 5.56 Å². The van der Waals surface area contributed by atoms with Crippen molar-refractivity contribution in [1.29, 1.82) is 0 Å². The minimum atomic E-state index is -0.788. The van der Waals surface area contributed by atoms with Crippen molar-refractivity contribution in [1.82, 2.24) is 0 Å². The molecule has 1 aromatic carbocycles. The highest BCUT2D eigenvalue weighted by Gasteiger charge is 2.18. The molecule has 1 saturated heterocycles.